The van der Waals surface area contributed by atoms with E-state index in [4.69, 9.17) is 9.97 Å². The fraction of sp³-hybridized carbons (Fsp3) is 0.400. The third-order valence-electron chi connectivity index (χ3n) is 6.63. The number of nitrogens with zero attached hydrogens (tertiary/aromatic N) is 5. The fourth-order valence-corrected chi connectivity index (χ4v) is 5.09. The number of rotatable bonds is 3. The van der Waals surface area contributed by atoms with Crippen LogP contribution in [0.4, 0.5) is 5.69 Å². The fourth-order valence-electron chi connectivity index (χ4n) is 5.09. The summed E-state index contributed by atoms with van der Waals surface area (Å²) in [6.07, 6.45) is 6.29. The molecule has 0 bridgehead atoms. The molecule has 6 rings (SSSR count). The minimum absolute atomic E-state index is 0.199. The normalized spacial score (nSPS) is 21.5. The summed E-state index contributed by atoms with van der Waals surface area (Å²) >= 11 is 0. The van der Waals surface area contributed by atoms with Crippen LogP contribution in [0.15, 0.2) is 36.7 Å². The highest BCUT2D eigenvalue weighted by Gasteiger charge is 2.28. The summed E-state index contributed by atoms with van der Waals surface area (Å²) in [5.74, 6) is 0.742. The molecule has 0 radical (unpaired) electrons. The molecule has 0 unspecified atom stereocenters. The molecule has 164 valence electrons. The average Bonchev–Trinajstić information content (AvgIpc) is 3.53. The van der Waals surface area contributed by atoms with E-state index in [2.05, 4.69) is 41.3 Å². The maximum atomic E-state index is 10.7. The van der Waals surface area contributed by atoms with E-state index >= 15 is 0 Å². The van der Waals surface area contributed by atoms with E-state index in [0.29, 0.717) is 18.0 Å². The summed E-state index contributed by atoms with van der Waals surface area (Å²) < 4.78 is 1.76. The number of piperazine rings is 1. The first-order valence-corrected chi connectivity index (χ1v) is 11.4. The molecule has 1 aliphatic carbocycles. The summed E-state index contributed by atoms with van der Waals surface area (Å²) in [4.78, 5) is 12.1. The van der Waals surface area contributed by atoms with E-state index in [1.807, 2.05) is 25.5 Å². The first-order chi connectivity index (χ1) is 15.4. The molecule has 2 aliphatic rings. The van der Waals surface area contributed by atoms with Crippen molar-refractivity contribution in [2.24, 2.45) is 7.05 Å². The largest absolute Gasteiger partial charge is 0.507 e. The van der Waals surface area contributed by atoms with Crippen LogP contribution in [0.25, 0.3) is 33.2 Å². The van der Waals surface area contributed by atoms with Crippen molar-refractivity contribution in [3.05, 3.63) is 42.2 Å². The predicted molar refractivity (Wildman–Crippen MR) is 127 cm³/mol. The lowest BCUT2D eigenvalue weighted by Crippen LogP contribution is -2.54. The molecule has 1 saturated heterocycles. The van der Waals surface area contributed by atoms with Crippen molar-refractivity contribution < 1.29 is 5.11 Å². The number of nitrogens with one attached hydrogen (secondary N) is 1. The first-order valence-electron chi connectivity index (χ1n) is 11.4. The Morgan fingerprint density at radius 3 is 2.59 bits per heavy atom. The second-order valence-corrected chi connectivity index (χ2v) is 9.54. The lowest BCUT2D eigenvalue weighted by Gasteiger charge is -2.37. The first kappa shape index (κ1) is 19.5. The Morgan fingerprint density at radius 2 is 1.84 bits per heavy atom. The van der Waals surface area contributed by atoms with E-state index < -0.39 is 0 Å². The number of fused-ring (bicyclic) bond motifs is 2. The third-order valence-corrected chi connectivity index (χ3v) is 6.63. The summed E-state index contributed by atoms with van der Waals surface area (Å²) in [6.45, 7) is 6.40. The Hall–Kier alpha value is -3.19. The molecule has 1 aromatic carbocycles. The molecule has 7 heteroatoms. The topological polar surface area (TPSA) is 79.1 Å². The van der Waals surface area contributed by atoms with Gasteiger partial charge >= 0.3 is 0 Å². The number of hydrogen-bond donors (Lipinski definition) is 2. The van der Waals surface area contributed by atoms with E-state index in [-0.39, 0.29) is 5.75 Å². The van der Waals surface area contributed by atoms with Crippen LogP contribution in [0.1, 0.15) is 38.2 Å². The summed E-state index contributed by atoms with van der Waals surface area (Å²) in [6, 6.07) is 9.01. The Morgan fingerprint density at radius 1 is 1.06 bits per heavy atom. The van der Waals surface area contributed by atoms with E-state index in [1.165, 1.54) is 18.4 Å². The quantitative estimate of drug-likeness (QED) is 0.514. The smallest absolute Gasteiger partial charge is 0.160 e. The zero-order valence-corrected chi connectivity index (χ0v) is 18.7. The van der Waals surface area contributed by atoms with Gasteiger partial charge in [0.1, 0.15) is 5.75 Å². The van der Waals surface area contributed by atoms with Gasteiger partial charge in [0.15, 0.2) is 5.65 Å². The highest BCUT2D eigenvalue weighted by molar-refractivity contribution is 5.90. The molecular formula is C25H28N6O. The van der Waals surface area contributed by atoms with Crippen molar-refractivity contribution in [2.75, 3.05) is 18.0 Å². The molecule has 0 amide bonds. The van der Waals surface area contributed by atoms with Crippen LogP contribution >= 0.6 is 0 Å². The molecule has 32 heavy (non-hydrogen) atoms. The zero-order valence-electron chi connectivity index (χ0n) is 18.7. The molecule has 1 aliphatic heterocycles. The highest BCUT2D eigenvalue weighted by atomic mass is 16.3. The molecule has 0 spiro atoms. The van der Waals surface area contributed by atoms with Crippen molar-refractivity contribution in [3.8, 4) is 17.0 Å². The monoisotopic (exact) mass is 428 g/mol. The van der Waals surface area contributed by atoms with Gasteiger partial charge in [0.25, 0.3) is 0 Å². The van der Waals surface area contributed by atoms with Gasteiger partial charge in [0, 0.05) is 60.8 Å². The number of benzene rings is 1. The number of aromatic hydroxyl groups is 1. The van der Waals surface area contributed by atoms with Crippen LogP contribution in [0.5, 0.6) is 5.75 Å². The predicted octanol–water partition coefficient (Wildman–Crippen LogP) is 3.95. The van der Waals surface area contributed by atoms with E-state index in [0.717, 1.165) is 52.0 Å². The third kappa shape index (κ3) is 3.37. The van der Waals surface area contributed by atoms with Crippen LogP contribution in [0.3, 0.4) is 0 Å². The van der Waals surface area contributed by atoms with Gasteiger partial charge in [-0.05, 0) is 56.4 Å². The molecule has 4 heterocycles. The van der Waals surface area contributed by atoms with Crippen LogP contribution < -0.4 is 10.2 Å². The Labute approximate surface area is 187 Å². The molecule has 7 nitrogen and oxygen atoms in total. The summed E-state index contributed by atoms with van der Waals surface area (Å²) in [5.41, 5.74) is 5.47. The van der Waals surface area contributed by atoms with Crippen LogP contribution in [-0.4, -0.2) is 50.0 Å². The van der Waals surface area contributed by atoms with Gasteiger partial charge in [-0.3, -0.25) is 4.68 Å². The second kappa shape index (κ2) is 7.17. The second-order valence-electron chi connectivity index (χ2n) is 9.54. The standard InChI is InChI=1S/C25H28N6O/c1-14-11-31(12-15(2)27-14)18-7-20-19(16-4-5-16)8-23(28-25(20)26-10-18)21-6-17-13-30(3)29-22(17)9-24(21)32/h6-10,13-16,27,32H,4-5,11-12H2,1-3H3/t14-,15+. The molecule has 2 atom stereocenters. The van der Waals surface area contributed by atoms with Gasteiger partial charge < -0.3 is 15.3 Å². The molecule has 3 aromatic heterocycles. The number of phenols is 1. The number of phenolic OH excluding ortho intramolecular Hbond substituents is 1. The number of hydrogen-bond acceptors (Lipinski definition) is 6. The van der Waals surface area contributed by atoms with Gasteiger partial charge in [-0.15, -0.1) is 0 Å². The highest BCUT2D eigenvalue weighted by Crippen LogP contribution is 2.45. The van der Waals surface area contributed by atoms with Crippen molar-refractivity contribution in [1.29, 1.82) is 0 Å². The van der Waals surface area contributed by atoms with Crippen molar-refractivity contribution in [2.45, 2.75) is 44.7 Å². The SMILES string of the molecule is C[C@@H]1CN(c2cnc3nc(-c4cc5cn(C)nc5cc4O)cc(C4CC4)c3c2)C[C@H](C)N1. The van der Waals surface area contributed by atoms with Crippen molar-refractivity contribution >= 4 is 27.6 Å². The lowest BCUT2D eigenvalue weighted by molar-refractivity contribution is 0.407. The van der Waals surface area contributed by atoms with Crippen LogP contribution in [0.2, 0.25) is 0 Å². The van der Waals surface area contributed by atoms with Gasteiger partial charge in [-0.1, -0.05) is 0 Å². The van der Waals surface area contributed by atoms with E-state index in [1.54, 1.807) is 10.7 Å². The maximum absolute atomic E-state index is 10.7. The minimum Gasteiger partial charge on any atom is -0.507 e. The van der Waals surface area contributed by atoms with Crippen molar-refractivity contribution in [3.63, 3.8) is 0 Å². The molecular weight excluding hydrogens is 400 g/mol. The summed E-state index contributed by atoms with van der Waals surface area (Å²) in [7, 11) is 1.89. The Balaban J connectivity index is 1.47. The number of anilines is 1. The molecule has 2 fully saturated rings. The van der Waals surface area contributed by atoms with Crippen molar-refractivity contribution in [1.82, 2.24) is 25.1 Å². The molecule has 2 N–H and O–H groups in total. The number of aryl methyl sites for hydroxylation is 1. The van der Waals surface area contributed by atoms with E-state index in [9.17, 15) is 5.11 Å². The van der Waals surface area contributed by atoms with Crippen LogP contribution in [0, 0.1) is 0 Å². The van der Waals surface area contributed by atoms with Gasteiger partial charge in [0.2, 0.25) is 0 Å². The summed E-state index contributed by atoms with van der Waals surface area (Å²) in [5, 5.41) is 20.8. The number of aromatic nitrogens is 4. The Kier molecular flexibility index (Phi) is 4.37. The van der Waals surface area contributed by atoms with Gasteiger partial charge in [-0.2, -0.15) is 5.10 Å². The Bertz CT molecular complexity index is 1330. The number of pyridine rings is 2. The average molecular weight is 429 g/mol. The molecule has 1 saturated carbocycles. The van der Waals surface area contributed by atoms with Crippen LogP contribution in [-0.2, 0) is 7.05 Å². The van der Waals surface area contributed by atoms with Gasteiger partial charge in [-0.25, -0.2) is 9.97 Å². The minimum atomic E-state index is 0.199. The maximum Gasteiger partial charge on any atom is 0.160 e. The molecule has 4 aromatic rings. The zero-order chi connectivity index (χ0) is 22.0. The van der Waals surface area contributed by atoms with Gasteiger partial charge in [0.05, 0.1) is 23.1 Å². The lowest BCUT2D eigenvalue weighted by atomic mass is 10.0.